The molecule has 6 heteroatoms. The van der Waals surface area contributed by atoms with E-state index in [1.165, 1.54) is 5.69 Å². The molecule has 4 rings (SSSR count). The summed E-state index contributed by atoms with van der Waals surface area (Å²) in [4.78, 5) is 6.79. The first-order valence-corrected chi connectivity index (χ1v) is 7.75. The van der Waals surface area contributed by atoms with E-state index >= 15 is 0 Å². The fraction of sp³-hybridized carbons (Fsp3) is 0.250. The van der Waals surface area contributed by atoms with E-state index in [2.05, 4.69) is 44.6 Å². The van der Waals surface area contributed by atoms with Gasteiger partial charge in [-0.2, -0.15) is 5.10 Å². The second-order valence-electron chi connectivity index (χ2n) is 5.36. The Morgan fingerprint density at radius 2 is 1.95 bits per heavy atom. The van der Waals surface area contributed by atoms with E-state index in [-0.39, 0.29) is 0 Å². The van der Waals surface area contributed by atoms with Crippen molar-refractivity contribution in [2.45, 2.75) is 0 Å². The van der Waals surface area contributed by atoms with E-state index in [0.29, 0.717) is 5.15 Å². The largest absolute Gasteiger partial charge is 0.369 e. The van der Waals surface area contributed by atoms with Crippen LogP contribution in [0.25, 0.3) is 16.9 Å². The number of hydrogen-bond acceptors (Lipinski definition) is 4. The van der Waals surface area contributed by atoms with Gasteiger partial charge in [-0.1, -0.05) is 23.7 Å². The highest BCUT2D eigenvalue weighted by Gasteiger charge is 2.13. The Morgan fingerprint density at radius 1 is 1.09 bits per heavy atom. The Hall–Kier alpha value is -2.11. The van der Waals surface area contributed by atoms with Crippen molar-refractivity contribution in [1.29, 1.82) is 0 Å². The Kier molecular flexibility index (Phi) is 3.44. The van der Waals surface area contributed by atoms with Gasteiger partial charge in [0.1, 0.15) is 5.15 Å². The first kappa shape index (κ1) is 13.5. The molecule has 0 spiro atoms. The molecule has 0 aliphatic carbocycles. The van der Waals surface area contributed by atoms with E-state index in [1.54, 1.807) is 10.6 Å². The van der Waals surface area contributed by atoms with E-state index in [4.69, 9.17) is 11.6 Å². The molecule has 0 unspecified atom stereocenters. The van der Waals surface area contributed by atoms with Crippen molar-refractivity contribution in [3.63, 3.8) is 0 Å². The summed E-state index contributed by atoms with van der Waals surface area (Å²) in [7, 11) is 0. The molecule has 0 saturated carbocycles. The number of benzene rings is 1. The second kappa shape index (κ2) is 5.59. The van der Waals surface area contributed by atoms with Gasteiger partial charge in [0.25, 0.3) is 0 Å². The Labute approximate surface area is 133 Å². The molecule has 5 nitrogen and oxygen atoms in total. The number of nitrogens with zero attached hydrogens (tertiary/aromatic N) is 4. The molecule has 112 valence electrons. The zero-order valence-electron chi connectivity index (χ0n) is 12.0. The van der Waals surface area contributed by atoms with Crippen LogP contribution in [0.15, 0.2) is 42.6 Å². The predicted molar refractivity (Wildman–Crippen MR) is 88.5 cm³/mol. The lowest BCUT2D eigenvalue weighted by Crippen LogP contribution is -2.43. The normalized spacial score (nSPS) is 15.4. The third kappa shape index (κ3) is 2.42. The molecule has 2 aromatic heterocycles. The Balaban J connectivity index is 1.76. The van der Waals surface area contributed by atoms with Crippen LogP contribution >= 0.6 is 11.6 Å². The summed E-state index contributed by atoms with van der Waals surface area (Å²) in [5.41, 5.74) is 4.08. The zero-order chi connectivity index (χ0) is 14.9. The minimum absolute atomic E-state index is 0.463. The number of imidazole rings is 1. The van der Waals surface area contributed by atoms with Crippen LogP contribution in [0.5, 0.6) is 0 Å². The molecule has 22 heavy (non-hydrogen) atoms. The Morgan fingerprint density at radius 3 is 2.82 bits per heavy atom. The maximum atomic E-state index is 6.01. The maximum Gasteiger partial charge on any atom is 0.154 e. The topological polar surface area (TPSA) is 45.5 Å². The molecule has 1 saturated heterocycles. The molecule has 0 radical (unpaired) electrons. The van der Waals surface area contributed by atoms with Crippen molar-refractivity contribution in [1.82, 2.24) is 19.9 Å². The van der Waals surface area contributed by atoms with Crippen LogP contribution in [-0.4, -0.2) is 40.8 Å². The summed E-state index contributed by atoms with van der Waals surface area (Å²) in [5, 5.41) is 8.19. The number of hydrogen-bond donors (Lipinski definition) is 1. The van der Waals surface area contributed by atoms with Gasteiger partial charge in [0.15, 0.2) is 5.65 Å². The van der Waals surface area contributed by atoms with Crippen LogP contribution < -0.4 is 10.2 Å². The number of aromatic nitrogens is 3. The van der Waals surface area contributed by atoms with E-state index in [1.807, 2.05) is 12.3 Å². The van der Waals surface area contributed by atoms with E-state index < -0.39 is 0 Å². The summed E-state index contributed by atoms with van der Waals surface area (Å²) in [6.45, 7) is 4.11. The van der Waals surface area contributed by atoms with Gasteiger partial charge < -0.3 is 10.2 Å². The highest BCUT2D eigenvalue weighted by Crippen LogP contribution is 2.25. The SMILES string of the molecule is Clc1ccc2ncc(-c3cccc(N4CCNCC4)c3)n2n1. The summed E-state index contributed by atoms with van der Waals surface area (Å²) >= 11 is 6.01. The van der Waals surface area contributed by atoms with Gasteiger partial charge in [-0.25, -0.2) is 9.50 Å². The lowest BCUT2D eigenvalue weighted by molar-refractivity contribution is 0.589. The van der Waals surface area contributed by atoms with Crippen LogP contribution in [0.1, 0.15) is 0 Å². The van der Waals surface area contributed by atoms with Gasteiger partial charge in [0, 0.05) is 37.4 Å². The Bertz CT molecular complexity index is 807. The minimum atomic E-state index is 0.463. The molecule has 1 aromatic carbocycles. The molecule has 1 N–H and O–H groups in total. The van der Waals surface area contributed by atoms with E-state index in [9.17, 15) is 0 Å². The van der Waals surface area contributed by atoms with Crippen LogP contribution in [0.3, 0.4) is 0 Å². The maximum absolute atomic E-state index is 6.01. The van der Waals surface area contributed by atoms with Crippen molar-refractivity contribution in [2.75, 3.05) is 31.1 Å². The average Bonchev–Trinajstić information content (AvgIpc) is 2.99. The molecule has 3 aromatic rings. The molecular weight excluding hydrogens is 298 g/mol. The van der Waals surface area contributed by atoms with Gasteiger partial charge in [0.2, 0.25) is 0 Å². The van der Waals surface area contributed by atoms with Crippen LogP contribution in [0, 0.1) is 0 Å². The zero-order valence-corrected chi connectivity index (χ0v) is 12.8. The predicted octanol–water partition coefficient (Wildman–Crippen LogP) is 2.46. The average molecular weight is 314 g/mol. The van der Waals surface area contributed by atoms with Crippen molar-refractivity contribution in [3.05, 3.63) is 47.7 Å². The van der Waals surface area contributed by atoms with Gasteiger partial charge in [0.05, 0.1) is 11.9 Å². The number of halogens is 1. The second-order valence-corrected chi connectivity index (χ2v) is 5.74. The summed E-state index contributed by atoms with van der Waals surface area (Å²) in [6, 6.07) is 12.1. The molecule has 0 atom stereocenters. The van der Waals surface area contributed by atoms with E-state index in [0.717, 1.165) is 43.1 Å². The number of fused-ring (bicyclic) bond motifs is 1. The van der Waals surface area contributed by atoms with Gasteiger partial charge in [-0.05, 0) is 24.3 Å². The molecule has 0 amide bonds. The van der Waals surface area contributed by atoms with Crippen molar-refractivity contribution in [3.8, 4) is 11.3 Å². The lowest BCUT2D eigenvalue weighted by Gasteiger charge is -2.29. The third-order valence-corrected chi connectivity index (χ3v) is 4.16. The lowest BCUT2D eigenvalue weighted by atomic mass is 10.1. The number of piperazine rings is 1. The molecule has 1 aliphatic rings. The standard InChI is InChI=1S/C16H16ClN5/c17-15-4-5-16-19-11-14(22(16)20-15)12-2-1-3-13(10-12)21-8-6-18-7-9-21/h1-5,10-11,18H,6-9H2. The smallest absolute Gasteiger partial charge is 0.154 e. The highest BCUT2D eigenvalue weighted by atomic mass is 35.5. The number of nitrogens with one attached hydrogen (secondary N) is 1. The summed E-state index contributed by atoms with van der Waals surface area (Å²) in [5.74, 6) is 0. The number of rotatable bonds is 2. The first-order chi connectivity index (χ1) is 10.8. The molecule has 3 heterocycles. The molecule has 1 fully saturated rings. The van der Waals surface area contributed by atoms with Gasteiger partial charge in [-0.15, -0.1) is 0 Å². The molecular formula is C16H16ClN5. The van der Waals surface area contributed by atoms with Crippen LogP contribution in [0.4, 0.5) is 5.69 Å². The fourth-order valence-corrected chi connectivity index (χ4v) is 2.97. The number of anilines is 1. The first-order valence-electron chi connectivity index (χ1n) is 7.38. The van der Waals surface area contributed by atoms with Crippen molar-refractivity contribution < 1.29 is 0 Å². The quantitative estimate of drug-likeness (QED) is 0.789. The van der Waals surface area contributed by atoms with Crippen LogP contribution in [-0.2, 0) is 0 Å². The fourth-order valence-electron chi connectivity index (χ4n) is 2.83. The third-order valence-electron chi connectivity index (χ3n) is 3.95. The minimum Gasteiger partial charge on any atom is -0.369 e. The van der Waals surface area contributed by atoms with Gasteiger partial charge in [-0.3, -0.25) is 0 Å². The van der Waals surface area contributed by atoms with Crippen LogP contribution in [0.2, 0.25) is 5.15 Å². The molecule has 0 bridgehead atoms. The summed E-state index contributed by atoms with van der Waals surface area (Å²) in [6.07, 6.45) is 1.84. The highest BCUT2D eigenvalue weighted by molar-refractivity contribution is 6.29. The van der Waals surface area contributed by atoms with Crippen molar-refractivity contribution >= 4 is 22.9 Å². The van der Waals surface area contributed by atoms with Gasteiger partial charge >= 0.3 is 0 Å². The monoisotopic (exact) mass is 313 g/mol. The molecule has 1 aliphatic heterocycles. The summed E-state index contributed by atoms with van der Waals surface area (Å²) < 4.78 is 1.79. The van der Waals surface area contributed by atoms with Crippen molar-refractivity contribution in [2.24, 2.45) is 0 Å².